The van der Waals surface area contributed by atoms with Crippen LogP contribution in [0.4, 0.5) is 11.5 Å². The van der Waals surface area contributed by atoms with Crippen molar-refractivity contribution in [2.24, 2.45) is 5.92 Å². The van der Waals surface area contributed by atoms with Gasteiger partial charge in [-0.1, -0.05) is 6.07 Å². The Balaban J connectivity index is 1.08. The van der Waals surface area contributed by atoms with Crippen molar-refractivity contribution < 1.29 is 4.74 Å². The first-order valence-corrected chi connectivity index (χ1v) is 14.4. The molecule has 0 unspecified atom stereocenters. The van der Waals surface area contributed by atoms with Crippen molar-refractivity contribution in [3.63, 3.8) is 0 Å². The number of likely N-dealkylation sites (tertiary alicyclic amines) is 1. The third kappa shape index (κ3) is 5.92. The lowest BCUT2D eigenvalue weighted by Gasteiger charge is -2.43. The summed E-state index contributed by atoms with van der Waals surface area (Å²) in [6.07, 6.45) is 13.1. The molecular weight excluding hydrogens is 474 g/mol. The second-order valence-corrected chi connectivity index (χ2v) is 11.2. The summed E-state index contributed by atoms with van der Waals surface area (Å²) in [6, 6.07) is 9.70. The lowest BCUT2D eigenvalue weighted by molar-refractivity contribution is 0.0172. The number of anilines is 2. The first-order chi connectivity index (χ1) is 18.7. The molecule has 2 N–H and O–H groups in total. The molecule has 3 aromatic rings. The number of aromatic nitrogens is 3. The molecule has 3 aliphatic rings. The van der Waals surface area contributed by atoms with Crippen LogP contribution in [0.2, 0.25) is 0 Å². The summed E-state index contributed by atoms with van der Waals surface area (Å²) < 4.78 is 5.55. The third-order valence-electron chi connectivity index (χ3n) is 8.72. The van der Waals surface area contributed by atoms with Crippen molar-refractivity contribution in [3.05, 3.63) is 43.0 Å². The number of piperidine rings is 1. The summed E-state index contributed by atoms with van der Waals surface area (Å²) in [5, 5.41) is 8.05. The summed E-state index contributed by atoms with van der Waals surface area (Å²) in [5.41, 5.74) is 4.18. The highest BCUT2D eigenvalue weighted by Crippen LogP contribution is 2.32. The van der Waals surface area contributed by atoms with Gasteiger partial charge in [-0.05, 0) is 74.8 Å². The minimum atomic E-state index is 0.455. The molecule has 0 bridgehead atoms. The van der Waals surface area contributed by atoms with E-state index in [0.717, 1.165) is 71.8 Å². The van der Waals surface area contributed by atoms with Gasteiger partial charge >= 0.3 is 0 Å². The van der Waals surface area contributed by atoms with E-state index < -0.39 is 0 Å². The molecule has 0 radical (unpaired) electrons. The van der Waals surface area contributed by atoms with E-state index in [9.17, 15) is 0 Å². The maximum Gasteiger partial charge on any atom is 0.137 e. The average Bonchev–Trinajstić information content (AvgIpc) is 2.98. The Morgan fingerprint density at radius 1 is 0.947 bits per heavy atom. The minimum absolute atomic E-state index is 0.455. The first kappa shape index (κ1) is 25.5. The molecule has 8 heteroatoms. The molecule has 1 aliphatic carbocycles. The van der Waals surface area contributed by atoms with Gasteiger partial charge in [0.05, 0.1) is 24.4 Å². The molecule has 1 saturated carbocycles. The molecule has 2 aromatic heterocycles. The van der Waals surface area contributed by atoms with Crippen molar-refractivity contribution in [2.75, 3.05) is 63.6 Å². The largest absolute Gasteiger partial charge is 0.387 e. The van der Waals surface area contributed by atoms with Gasteiger partial charge in [-0.25, -0.2) is 9.97 Å². The van der Waals surface area contributed by atoms with Crippen LogP contribution in [0.1, 0.15) is 38.5 Å². The van der Waals surface area contributed by atoms with Crippen LogP contribution >= 0.6 is 0 Å². The van der Waals surface area contributed by atoms with Crippen LogP contribution in [0.5, 0.6) is 0 Å². The van der Waals surface area contributed by atoms with Crippen LogP contribution in [0, 0.1) is 5.92 Å². The number of rotatable bonds is 7. The number of fused-ring (bicyclic) bond motifs is 1. The van der Waals surface area contributed by atoms with E-state index in [2.05, 4.69) is 59.7 Å². The van der Waals surface area contributed by atoms with E-state index in [1.807, 2.05) is 19.4 Å². The number of benzene rings is 1. The highest BCUT2D eigenvalue weighted by atomic mass is 16.5. The zero-order chi connectivity index (χ0) is 25.7. The summed E-state index contributed by atoms with van der Waals surface area (Å²) in [5.74, 6) is 1.75. The van der Waals surface area contributed by atoms with Gasteiger partial charge in [0.15, 0.2) is 0 Å². The second-order valence-electron chi connectivity index (χ2n) is 11.2. The Kier molecular flexibility index (Phi) is 7.99. The van der Waals surface area contributed by atoms with Crippen LogP contribution in [-0.2, 0) is 4.74 Å². The quantitative estimate of drug-likeness (QED) is 0.476. The van der Waals surface area contributed by atoms with Crippen molar-refractivity contribution in [2.45, 2.75) is 50.6 Å². The molecule has 1 atom stereocenters. The van der Waals surface area contributed by atoms with E-state index in [1.54, 1.807) is 6.33 Å². The van der Waals surface area contributed by atoms with Crippen LogP contribution in [0.15, 0.2) is 43.0 Å². The molecule has 3 fully saturated rings. The third-order valence-corrected chi connectivity index (χ3v) is 8.72. The molecule has 0 amide bonds. The van der Waals surface area contributed by atoms with Crippen LogP contribution in [0.3, 0.4) is 0 Å². The standard InChI is InChI=1S/C30H41N7O/c1-31-26-15-24(17-32-18-26)23-4-9-29-28(16-23)30(34-21-33-29)35-25-5-7-27(8-6-25)37-10-2-3-22(20-37)19-36-11-13-38-14-12-36/h4,9,15-18,21-22,25,27,31H,2-3,5-8,10-14,19-20H2,1H3,(H,33,34,35)/t22-,25?,27?/m0/s1. The van der Waals surface area contributed by atoms with Crippen molar-refractivity contribution in [1.82, 2.24) is 24.8 Å². The molecular formula is C30H41N7O. The lowest BCUT2D eigenvalue weighted by atomic mass is 9.87. The highest BCUT2D eigenvalue weighted by molar-refractivity contribution is 5.92. The van der Waals surface area contributed by atoms with E-state index >= 15 is 0 Å². The first-order valence-electron chi connectivity index (χ1n) is 14.4. The zero-order valence-electron chi connectivity index (χ0n) is 22.6. The Labute approximate surface area is 226 Å². The molecule has 0 spiro atoms. The summed E-state index contributed by atoms with van der Waals surface area (Å²) in [7, 11) is 1.92. The number of nitrogens with zero attached hydrogens (tertiary/aromatic N) is 5. The molecule has 2 saturated heterocycles. The normalized spacial score (nSPS) is 25.3. The molecule has 202 valence electrons. The smallest absolute Gasteiger partial charge is 0.137 e. The summed E-state index contributed by atoms with van der Waals surface area (Å²) in [6.45, 7) is 7.79. The number of morpholine rings is 1. The van der Waals surface area contributed by atoms with E-state index in [4.69, 9.17) is 4.74 Å². The Morgan fingerprint density at radius 2 is 1.82 bits per heavy atom. The topological polar surface area (TPSA) is 78.4 Å². The summed E-state index contributed by atoms with van der Waals surface area (Å²) >= 11 is 0. The van der Waals surface area contributed by atoms with Gasteiger partial charge in [0.2, 0.25) is 0 Å². The van der Waals surface area contributed by atoms with Gasteiger partial charge in [-0.3, -0.25) is 9.88 Å². The highest BCUT2D eigenvalue weighted by Gasteiger charge is 2.30. The van der Waals surface area contributed by atoms with Crippen LogP contribution in [0.25, 0.3) is 22.0 Å². The van der Waals surface area contributed by atoms with Crippen molar-refractivity contribution in [1.29, 1.82) is 0 Å². The Hall–Kier alpha value is -2.81. The molecule has 1 aromatic carbocycles. The monoisotopic (exact) mass is 515 g/mol. The molecule has 2 aliphatic heterocycles. The maximum atomic E-state index is 5.55. The Bertz CT molecular complexity index is 1210. The predicted molar refractivity (Wildman–Crippen MR) is 154 cm³/mol. The Morgan fingerprint density at radius 3 is 2.66 bits per heavy atom. The molecule has 4 heterocycles. The number of nitrogens with one attached hydrogen (secondary N) is 2. The van der Waals surface area contributed by atoms with Gasteiger partial charge in [-0.2, -0.15) is 0 Å². The SMILES string of the molecule is CNc1cncc(-c2ccc3ncnc(NC4CCC(N5CCC[C@@H](CN6CCOCC6)C5)CC4)c3c2)c1. The fourth-order valence-corrected chi connectivity index (χ4v) is 6.59. The van der Waals surface area contributed by atoms with E-state index in [1.165, 1.54) is 58.2 Å². The number of ether oxygens (including phenoxy) is 1. The molecule has 8 nitrogen and oxygen atoms in total. The van der Waals surface area contributed by atoms with Crippen LogP contribution < -0.4 is 10.6 Å². The summed E-state index contributed by atoms with van der Waals surface area (Å²) in [4.78, 5) is 19.0. The van der Waals surface area contributed by atoms with E-state index in [-0.39, 0.29) is 0 Å². The van der Waals surface area contributed by atoms with Gasteiger partial charge in [0.25, 0.3) is 0 Å². The molecule has 6 rings (SSSR count). The van der Waals surface area contributed by atoms with Crippen molar-refractivity contribution in [3.8, 4) is 11.1 Å². The maximum absolute atomic E-state index is 5.55. The zero-order valence-corrected chi connectivity index (χ0v) is 22.6. The van der Waals surface area contributed by atoms with Gasteiger partial charge < -0.3 is 20.3 Å². The fourth-order valence-electron chi connectivity index (χ4n) is 6.59. The van der Waals surface area contributed by atoms with Crippen LogP contribution in [-0.4, -0.2) is 89.8 Å². The van der Waals surface area contributed by atoms with Crippen molar-refractivity contribution >= 4 is 22.4 Å². The lowest BCUT2D eigenvalue weighted by Crippen LogP contribution is -2.48. The van der Waals surface area contributed by atoms with Gasteiger partial charge in [-0.15, -0.1) is 0 Å². The van der Waals surface area contributed by atoms with Gasteiger partial charge in [0.1, 0.15) is 12.1 Å². The predicted octanol–water partition coefficient (Wildman–Crippen LogP) is 4.50. The number of pyridine rings is 1. The number of hydrogen-bond acceptors (Lipinski definition) is 8. The average molecular weight is 516 g/mol. The number of hydrogen-bond donors (Lipinski definition) is 2. The second kappa shape index (κ2) is 11.9. The fraction of sp³-hybridized carbons (Fsp3) is 0.567. The molecule has 38 heavy (non-hydrogen) atoms. The minimum Gasteiger partial charge on any atom is -0.387 e. The van der Waals surface area contributed by atoms with E-state index in [0.29, 0.717) is 6.04 Å². The van der Waals surface area contributed by atoms with Gasteiger partial charge in [0, 0.05) is 68.7 Å².